The van der Waals surface area contributed by atoms with Crippen molar-refractivity contribution in [2.24, 2.45) is 5.73 Å². The number of halogens is 4. The molecule has 21 heavy (non-hydrogen) atoms. The third kappa shape index (κ3) is 2.62. The second kappa shape index (κ2) is 4.98. The van der Waals surface area contributed by atoms with Crippen molar-refractivity contribution in [3.63, 3.8) is 0 Å². The highest BCUT2D eigenvalue weighted by Crippen LogP contribution is 2.38. The SMILES string of the molecule is CC(C)(C)n1c(C(F)(F)C(F)F)nc2cc(CN)ccc21. The number of nitrogens with two attached hydrogens (primary N) is 1. The number of fused-ring (bicyclic) bond motifs is 1. The van der Waals surface area contributed by atoms with Crippen molar-refractivity contribution in [1.29, 1.82) is 0 Å². The third-order valence-corrected chi connectivity index (χ3v) is 3.20. The van der Waals surface area contributed by atoms with Crippen molar-refractivity contribution >= 4 is 11.0 Å². The average Bonchev–Trinajstić information content (AvgIpc) is 2.76. The van der Waals surface area contributed by atoms with Crippen molar-refractivity contribution < 1.29 is 17.6 Å². The molecule has 2 N–H and O–H groups in total. The molecule has 0 aliphatic heterocycles. The Hall–Kier alpha value is -1.63. The molecule has 0 unspecified atom stereocenters. The summed E-state index contributed by atoms with van der Waals surface area (Å²) in [6, 6.07) is 4.81. The van der Waals surface area contributed by atoms with Gasteiger partial charge in [-0.3, -0.25) is 0 Å². The summed E-state index contributed by atoms with van der Waals surface area (Å²) in [7, 11) is 0. The number of hydrogen-bond acceptors (Lipinski definition) is 2. The highest BCUT2D eigenvalue weighted by Gasteiger charge is 2.48. The van der Waals surface area contributed by atoms with E-state index in [1.54, 1.807) is 39.0 Å². The smallest absolute Gasteiger partial charge is 0.326 e. The Bertz CT molecular complexity index is 656. The molecule has 2 aromatic rings. The Labute approximate surface area is 119 Å². The summed E-state index contributed by atoms with van der Waals surface area (Å²) in [5.74, 6) is -5.23. The quantitative estimate of drug-likeness (QED) is 0.880. The summed E-state index contributed by atoms with van der Waals surface area (Å²) >= 11 is 0. The lowest BCUT2D eigenvalue weighted by Crippen LogP contribution is -2.33. The number of benzene rings is 1. The predicted molar refractivity (Wildman–Crippen MR) is 72.5 cm³/mol. The lowest BCUT2D eigenvalue weighted by molar-refractivity contribution is -0.143. The van der Waals surface area contributed by atoms with Crippen LogP contribution in [0.25, 0.3) is 11.0 Å². The van der Waals surface area contributed by atoms with Gasteiger partial charge in [0.2, 0.25) is 0 Å². The van der Waals surface area contributed by atoms with Crippen LogP contribution in [0.3, 0.4) is 0 Å². The zero-order valence-corrected chi connectivity index (χ0v) is 12.0. The van der Waals surface area contributed by atoms with Crippen LogP contribution in [0.2, 0.25) is 0 Å². The van der Waals surface area contributed by atoms with Crippen LogP contribution < -0.4 is 5.73 Å². The molecular formula is C14H17F4N3. The van der Waals surface area contributed by atoms with Gasteiger partial charge in [-0.05, 0) is 38.5 Å². The zero-order chi connectivity index (χ0) is 16.0. The third-order valence-electron chi connectivity index (χ3n) is 3.20. The van der Waals surface area contributed by atoms with E-state index in [9.17, 15) is 17.6 Å². The second-order valence-electron chi connectivity index (χ2n) is 5.89. The molecule has 3 nitrogen and oxygen atoms in total. The molecule has 0 aliphatic rings. The number of alkyl halides is 4. The monoisotopic (exact) mass is 303 g/mol. The van der Waals surface area contributed by atoms with E-state index >= 15 is 0 Å². The summed E-state index contributed by atoms with van der Waals surface area (Å²) < 4.78 is 54.3. The Morgan fingerprint density at radius 1 is 1.24 bits per heavy atom. The van der Waals surface area contributed by atoms with Gasteiger partial charge in [-0.15, -0.1) is 0 Å². The molecule has 0 atom stereocenters. The van der Waals surface area contributed by atoms with E-state index in [2.05, 4.69) is 4.98 Å². The van der Waals surface area contributed by atoms with Crippen LogP contribution in [0.5, 0.6) is 0 Å². The first kappa shape index (κ1) is 15.8. The highest BCUT2D eigenvalue weighted by atomic mass is 19.3. The van der Waals surface area contributed by atoms with Gasteiger partial charge in [0.1, 0.15) is 0 Å². The van der Waals surface area contributed by atoms with Crippen LogP contribution in [0.1, 0.15) is 32.2 Å². The Kier molecular flexibility index (Phi) is 3.73. The molecule has 0 spiro atoms. The molecule has 116 valence electrons. The minimum Gasteiger partial charge on any atom is -0.326 e. The number of nitrogens with zero attached hydrogens (tertiary/aromatic N) is 2. The Morgan fingerprint density at radius 2 is 1.86 bits per heavy atom. The van der Waals surface area contributed by atoms with Crippen molar-refractivity contribution in [1.82, 2.24) is 9.55 Å². The van der Waals surface area contributed by atoms with E-state index in [1.165, 1.54) is 0 Å². The summed E-state index contributed by atoms with van der Waals surface area (Å²) in [4.78, 5) is 3.76. The van der Waals surface area contributed by atoms with Gasteiger partial charge >= 0.3 is 12.3 Å². The van der Waals surface area contributed by atoms with Crippen LogP contribution in [0.4, 0.5) is 17.6 Å². The summed E-state index contributed by atoms with van der Waals surface area (Å²) in [5, 5.41) is 0. The van der Waals surface area contributed by atoms with Gasteiger partial charge in [-0.1, -0.05) is 6.07 Å². The molecule has 0 radical (unpaired) electrons. The van der Waals surface area contributed by atoms with Gasteiger partial charge < -0.3 is 10.3 Å². The van der Waals surface area contributed by atoms with Crippen LogP contribution >= 0.6 is 0 Å². The first-order valence-corrected chi connectivity index (χ1v) is 6.47. The predicted octanol–water partition coefficient (Wildman–Crippen LogP) is 3.61. The molecule has 0 aliphatic carbocycles. The molecule has 1 aromatic carbocycles. The van der Waals surface area contributed by atoms with Crippen molar-refractivity contribution in [2.45, 2.75) is 45.2 Å². The molecule has 0 amide bonds. The molecular weight excluding hydrogens is 286 g/mol. The van der Waals surface area contributed by atoms with Gasteiger partial charge in [-0.2, -0.15) is 8.78 Å². The fraction of sp³-hybridized carbons (Fsp3) is 0.500. The number of rotatable bonds is 3. The largest absolute Gasteiger partial charge is 0.364 e. The van der Waals surface area contributed by atoms with Gasteiger partial charge in [0.25, 0.3) is 0 Å². The van der Waals surface area contributed by atoms with Crippen molar-refractivity contribution in [3.8, 4) is 0 Å². The summed E-state index contributed by atoms with van der Waals surface area (Å²) in [5.41, 5.74) is 6.02. The highest BCUT2D eigenvalue weighted by molar-refractivity contribution is 5.77. The lowest BCUT2D eigenvalue weighted by atomic mass is 10.1. The van der Waals surface area contributed by atoms with E-state index in [-0.39, 0.29) is 12.1 Å². The van der Waals surface area contributed by atoms with Crippen molar-refractivity contribution in [2.75, 3.05) is 0 Å². The first-order valence-electron chi connectivity index (χ1n) is 6.47. The van der Waals surface area contributed by atoms with E-state index in [0.29, 0.717) is 11.1 Å². The Morgan fingerprint density at radius 3 is 2.33 bits per heavy atom. The molecule has 0 bridgehead atoms. The van der Waals surface area contributed by atoms with Crippen molar-refractivity contribution in [3.05, 3.63) is 29.6 Å². The Balaban J connectivity index is 2.81. The van der Waals surface area contributed by atoms with Crippen LogP contribution in [-0.4, -0.2) is 16.0 Å². The maximum atomic E-state index is 13.8. The lowest BCUT2D eigenvalue weighted by Gasteiger charge is -2.27. The molecule has 0 saturated heterocycles. The molecule has 7 heteroatoms. The minimum atomic E-state index is -4.31. The molecule has 0 saturated carbocycles. The molecule has 2 rings (SSSR count). The zero-order valence-electron chi connectivity index (χ0n) is 12.0. The second-order valence-corrected chi connectivity index (χ2v) is 5.89. The van der Waals surface area contributed by atoms with E-state index in [1.807, 2.05) is 0 Å². The normalized spacial score (nSPS) is 13.4. The summed E-state index contributed by atoms with van der Waals surface area (Å²) in [6.07, 6.45) is -3.82. The number of hydrogen-bond donors (Lipinski definition) is 1. The van der Waals surface area contributed by atoms with Gasteiger partial charge in [-0.25, -0.2) is 13.8 Å². The summed E-state index contributed by atoms with van der Waals surface area (Å²) in [6.45, 7) is 5.21. The van der Waals surface area contributed by atoms with E-state index < -0.39 is 23.7 Å². The van der Waals surface area contributed by atoms with Crippen LogP contribution in [-0.2, 0) is 18.0 Å². The average molecular weight is 303 g/mol. The molecule has 1 heterocycles. The van der Waals surface area contributed by atoms with Crippen LogP contribution in [0, 0.1) is 0 Å². The first-order chi connectivity index (χ1) is 9.59. The molecule has 0 fully saturated rings. The molecule has 1 aromatic heterocycles. The van der Waals surface area contributed by atoms with E-state index in [0.717, 1.165) is 4.57 Å². The van der Waals surface area contributed by atoms with E-state index in [4.69, 9.17) is 5.73 Å². The van der Waals surface area contributed by atoms with Crippen LogP contribution in [0.15, 0.2) is 18.2 Å². The fourth-order valence-corrected chi connectivity index (χ4v) is 2.25. The number of imidazole rings is 1. The maximum absolute atomic E-state index is 13.8. The number of aromatic nitrogens is 2. The van der Waals surface area contributed by atoms with Gasteiger partial charge in [0, 0.05) is 12.1 Å². The van der Waals surface area contributed by atoms with Gasteiger partial charge in [0.15, 0.2) is 5.82 Å². The topological polar surface area (TPSA) is 43.8 Å². The fourth-order valence-electron chi connectivity index (χ4n) is 2.25. The van der Waals surface area contributed by atoms with Gasteiger partial charge in [0.05, 0.1) is 11.0 Å². The minimum absolute atomic E-state index is 0.221. The maximum Gasteiger partial charge on any atom is 0.364 e. The standard InChI is InChI=1S/C14H17F4N3/c1-13(2,3)21-10-5-4-8(7-19)6-9(10)20-12(21)14(17,18)11(15)16/h4-6,11H,7,19H2,1-3H3.